The van der Waals surface area contributed by atoms with Crippen LogP contribution in [0.5, 0.6) is 11.5 Å². The van der Waals surface area contributed by atoms with E-state index in [0.717, 1.165) is 50.0 Å². The number of oxime groups is 1. The van der Waals surface area contributed by atoms with E-state index in [1.807, 2.05) is 4.90 Å². The van der Waals surface area contributed by atoms with Crippen LogP contribution in [-0.2, 0) is 22.4 Å². The van der Waals surface area contributed by atoms with Crippen molar-refractivity contribution < 1.29 is 32.3 Å². The minimum Gasteiger partial charge on any atom is -0.492 e. The standard InChI is InChI=1S/C24H25F3N2O4/c25-24(26,27)18-6-4-17(5-7-18)15-33-28-21-10-13-31-22-14-19(8-9-20(21)22)32-16-23(30)29-11-2-1-3-12-29/h4-9,14H,1-3,10-13,15-16H2/b28-21+. The third-order valence-corrected chi connectivity index (χ3v) is 5.62. The van der Waals surface area contributed by atoms with Crippen LogP contribution < -0.4 is 9.47 Å². The predicted molar refractivity (Wildman–Crippen MR) is 115 cm³/mol. The summed E-state index contributed by atoms with van der Waals surface area (Å²) in [5, 5.41) is 4.17. The minimum atomic E-state index is -4.37. The molecule has 2 aromatic rings. The Morgan fingerprint density at radius 1 is 1.06 bits per heavy atom. The molecule has 0 bridgehead atoms. The lowest BCUT2D eigenvalue weighted by atomic mass is 10.0. The highest BCUT2D eigenvalue weighted by Crippen LogP contribution is 2.31. The van der Waals surface area contributed by atoms with Crippen LogP contribution in [0, 0.1) is 0 Å². The monoisotopic (exact) mass is 462 g/mol. The number of carbonyl (C=O) groups excluding carboxylic acids is 1. The van der Waals surface area contributed by atoms with Crippen LogP contribution >= 0.6 is 0 Å². The largest absolute Gasteiger partial charge is 0.492 e. The molecule has 0 aliphatic carbocycles. The fourth-order valence-electron chi connectivity index (χ4n) is 3.79. The third-order valence-electron chi connectivity index (χ3n) is 5.62. The number of benzene rings is 2. The third kappa shape index (κ3) is 5.97. The lowest BCUT2D eigenvalue weighted by molar-refractivity contribution is -0.137. The predicted octanol–water partition coefficient (Wildman–Crippen LogP) is 4.80. The van der Waals surface area contributed by atoms with Crippen LogP contribution in [0.3, 0.4) is 0 Å². The number of hydrogen-bond acceptors (Lipinski definition) is 5. The average Bonchev–Trinajstić information content (AvgIpc) is 2.83. The van der Waals surface area contributed by atoms with Crippen LogP contribution in [0.25, 0.3) is 0 Å². The van der Waals surface area contributed by atoms with Crippen molar-refractivity contribution in [2.45, 2.75) is 38.5 Å². The smallest absolute Gasteiger partial charge is 0.416 e. The Bertz CT molecular complexity index is 1000. The molecular formula is C24H25F3N2O4. The van der Waals surface area contributed by atoms with E-state index in [1.165, 1.54) is 12.1 Å². The maximum Gasteiger partial charge on any atom is 0.416 e. The van der Waals surface area contributed by atoms with E-state index in [0.29, 0.717) is 35.8 Å². The van der Waals surface area contributed by atoms with Gasteiger partial charge in [0.1, 0.15) is 18.1 Å². The van der Waals surface area contributed by atoms with E-state index in [-0.39, 0.29) is 19.1 Å². The summed E-state index contributed by atoms with van der Waals surface area (Å²) in [6.07, 6.45) is -0.615. The van der Waals surface area contributed by atoms with Crippen molar-refractivity contribution in [3.63, 3.8) is 0 Å². The molecule has 1 saturated heterocycles. The number of piperidine rings is 1. The summed E-state index contributed by atoms with van der Waals surface area (Å²) in [5.74, 6) is 1.10. The summed E-state index contributed by atoms with van der Waals surface area (Å²) in [6.45, 7) is 2.00. The molecule has 0 radical (unpaired) electrons. The summed E-state index contributed by atoms with van der Waals surface area (Å²) in [4.78, 5) is 19.5. The molecule has 2 aliphatic rings. The fraction of sp³-hybridized carbons (Fsp3) is 0.417. The highest BCUT2D eigenvalue weighted by molar-refractivity contribution is 6.03. The number of likely N-dealkylation sites (tertiary alicyclic amines) is 1. The van der Waals surface area contributed by atoms with Crippen molar-refractivity contribution in [1.82, 2.24) is 4.90 Å². The average molecular weight is 462 g/mol. The van der Waals surface area contributed by atoms with Crippen molar-refractivity contribution in [2.75, 3.05) is 26.3 Å². The Morgan fingerprint density at radius 3 is 2.55 bits per heavy atom. The van der Waals surface area contributed by atoms with E-state index in [4.69, 9.17) is 14.3 Å². The molecular weight excluding hydrogens is 437 g/mol. The van der Waals surface area contributed by atoms with Crippen LogP contribution in [-0.4, -0.2) is 42.8 Å². The van der Waals surface area contributed by atoms with E-state index < -0.39 is 11.7 Å². The number of carbonyl (C=O) groups is 1. The van der Waals surface area contributed by atoms with Crippen LogP contribution in [0.15, 0.2) is 47.6 Å². The second-order valence-corrected chi connectivity index (χ2v) is 7.99. The summed E-state index contributed by atoms with van der Waals surface area (Å²) in [6, 6.07) is 10.1. The normalized spacial score (nSPS) is 17.3. The van der Waals surface area contributed by atoms with Crippen LogP contribution in [0.2, 0.25) is 0 Å². The van der Waals surface area contributed by atoms with Gasteiger partial charge in [0.25, 0.3) is 5.91 Å². The molecule has 33 heavy (non-hydrogen) atoms. The second kappa shape index (κ2) is 10.1. The molecule has 0 atom stereocenters. The molecule has 176 valence electrons. The Morgan fingerprint density at radius 2 is 1.82 bits per heavy atom. The number of nitrogens with zero attached hydrogens (tertiary/aromatic N) is 2. The fourth-order valence-corrected chi connectivity index (χ4v) is 3.79. The first-order valence-electron chi connectivity index (χ1n) is 10.9. The highest BCUT2D eigenvalue weighted by Gasteiger charge is 2.30. The maximum atomic E-state index is 12.7. The molecule has 0 N–H and O–H groups in total. The quantitative estimate of drug-likeness (QED) is 0.579. The minimum absolute atomic E-state index is 0.0179. The van der Waals surface area contributed by atoms with Gasteiger partial charge >= 0.3 is 6.18 Å². The molecule has 6 nitrogen and oxygen atoms in total. The number of rotatable bonds is 6. The number of alkyl halides is 3. The molecule has 0 spiro atoms. The number of amides is 1. The van der Waals surface area contributed by atoms with Crippen LogP contribution in [0.4, 0.5) is 13.2 Å². The molecule has 0 unspecified atom stereocenters. The van der Waals surface area contributed by atoms with Gasteiger partial charge in [0.15, 0.2) is 6.61 Å². The van der Waals surface area contributed by atoms with E-state index >= 15 is 0 Å². The first-order chi connectivity index (χ1) is 15.9. The first kappa shape index (κ1) is 22.9. The summed E-state index contributed by atoms with van der Waals surface area (Å²) in [5.41, 5.74) is 1.32. The number of ether oxygens (including phenoxy) is 2. The van der Waals surface area contributed by atoms with Crippen molar-refractivity contribution >= 4 is 11.6 Å². The topological polar surface area (TPSA) is 60.4 Å². The molecule has 0 aromatic heterocycles. The SMILES string of the molecule is O=C(COc1ccc2c(c1)OCC/C2=N\OCc1ccc(C(F)(F)F)cc1)N1CCCCC1. The van der Waals surface area contributed by atoms with Crippen molar-refractivity contribution in [2.24, 2.45) is 5.16 Å². The van der Waals surface area contributed by atoms with Gasteiger partial charge in [-0.2, -0.15) is 13.2 Å². The zero-order valence-electron chi connectivity index (χ0n) is 18.1. The van der Waals surface area contributed by atoms with Gasteiger partial charge in [-0.25, -0.2) is 0 Å². The lowest BCUT2D eigenvalue weighted by Gasteiger charge is -2.26. The molecule has 2 aliphatic heterocycles. The van der Waals surface area contributed by atoms with Crippen molar-refractivity contribution in [3.05, 3.63) is 59.2 Å². The van der Waals surface area contributed by atoms with E-state index in [1.54, 1.807) is 18.2 Å². The molecule has 2 heterocycles. The molecule has 4 rings (SSSR count). The number of fused-ring (bicyclic) bond motifs is 1. The van der Waals surface area contributed by atoms with Gasteiger partial charge in [0.2, 0.25) is 0 Å². The van der Waals surface area contributed by atoms with Gasteiger partial charge in [-0.1, -0.05) is 17.3 Å². The Hall–Kier alpha value is -3.23. The summed E-state index contributed by atoms with van der Waals surface area (Å²) >= 11 is 0. The zero-order chi connectivity index (χ0) is 23.3. The second-order valence-electron chi connectivity index (χ2n) is 7.99. The van der Waals surface area contributed by atoms with Gasteiger partial charge in [-0.3, -0.25) is 4.79 Å². The Kier molecular flexibility index (Phi) is 7.05. The van der Waals surface area contributed by atoms with E-state index in [9.17, 15) is 18.0 Å². The molecule has 2 aromatic carbocycles. The zero-order valence-corrected chi connectivity index (χ0v) is 18.1. The molecule has 1 fully saturated rings. The summed E-state index contributed by atoms with van der Waals surface area (Å²) < 4.78 is 49.4. The first-order valence-corrected chi connectivity index (χ1v) is 10.9. The van der Waals surface area contributed by atoms with Gasteiger partial charge in [0, 0.05) is 31.1 Å². The van der Waals surface area contributed by atoms with Crippen molar-refractivity contribution in [3.8, 4) is 11.5 Å². The number of halogens is 3. The van der Waals surface area contributed by atoms with Gasteiger partial charge in [-0.15, -0.1) is 0 Å². The van der Waals surface area contributed by atoms with Gasteiger partial charge in [0.05, 0.1) is 17.9 Å². The Labute approximate surface area is 189 Å². The van der Waals surface area contributed by atoms with Crippen molar-refractivity contribution in [1.29, 1.82) is 0 Å². The molecule has 9 heteroatoms. The maximum absolute atomic E-state index is 12.7. The molecule has 1 amide bonds. The van der Waals surface area contributed by atoms with Gasteiger partial charge < -0.3 is 19.2 Å². The number of hydrogen-bond donors (Lipinski definition) is 0. The lowest BCUT2D eigenvalue weighted by Crippen LogP contribution is -2.38. The molecule has 0 saturated carbocycles. The highest BCUT2D eigenvalue weighted by atomic mass is 19.4. The van der Waals surface area contributed by atoms with Crippen LogP contribution in [0.1, 0.15) is 42.4 Å². The summed E-state index contributed by atoms with van der Waals surface area (Å²) in [7, 11) is 0. The Balaban J connectivity index is 1.34. The van der Waals surface area contributed by atoms with Gasteiger partial charge in [-0.05, 0) is 49.1 Å². The van der Waals surface area contributed by atoms with E-state index in [2.05, 4.69) is 5.16 Å².